The lowest BCUT2D eigenvalue weighted by Crippen LogP contribution is -2.32. The number of benzene rings is 3. The molecule has 0 unspecified atom stereocenters. The highest BCUT2D eigenvalue weighted by Gasteiger charge is 2.13. The monoisotopic (exact) mass is 586 g/mol. The molecule has 0 heterocycles. The summed E-state index contributed by atoms with van der Waals surface area (Å²) in [5.41, 5.74) is 9.68. The molecule has 43 heavy (non-hydrogen) atoms. The van der Waals surface area contributed by atoms with E-state index in [-0.39, 0.29) is 5.91 Å². The summed E-state index contributed by atoms with van der Waals surface area (Å²) in [6.45, 7) is 5.39. The van der Waals surface area contributed by atoms with Crippen LogP contribution in [-0.4, -0.2) is 39.4 Å². The number of amides is 1. The topological polar surface area (TPSA) is 116 Å². The van der Waals surface area contributed by atoms with Gasteiger partial charge in [-0.25, -0.2) is 0 Å². The van der Waals surface area contributed by atoms with Gasteiger partial charge in [0.25, 0.3) is 5.91 Å². The molecule has 0 spiro atoms. The summed E-state index contributed by atoms with van der Waals surface area (Å²) in [5.74, 6) is 2.30. The van der Waals surface area contributed by atoms with Crippen molar-refractivity contribution in [2.24, 2.45) is 10.7 Å². The van der Waals surface area contributed by atoms with Crippen molar-refractivity contribution in [2.75, 3.05) is 27.3 Å². The molecular formula is C34H42N4O5. The number of unbranched alkanes of at least 4 members (excludes halogenated alkanes) is 1. The number of carbonyl (C=O) groups is 1. The molecule has 0 aliphatic carbocycles. The van der Waals surface area contributed by atoms with E-state index in [0.29, 0.717) is 54.8 Å². The predicted molar refractivity (Wildman–Crippen MR) is 171 cm³/mol. The number of methoxy groups -OCH3 is 2. The number of nitrogens with zero attached hydrogens (tertiary/aromatic N) is 1. The fraction of sp³-hybridized carbons (Fsp3) is 0.294. The van der Waals surface area contributed by atoms with Gasteiger partial charge in [0.1, 0.15) is 24.7 Å². The van der Waals surface area contributed by atoms with Crippen molar-refractivity contribution in [3.8, 4) is 23.0 Å². The third kappa shape index (κ3) is 11.1. The second kappa shape index (κ2) is 17.8. The number of ether oxygens (including phenoxy) is 4. The van der Waals surface area contributed by atoms with E-state index in [1.54, 1.807) is 51.8 Å². The molecule has 0 aliphatic heterocycles. The molecule has 228 valence electrons. The Morgan fingerprint density at radius 3 is 1.98 bits per heavy atom. The first kappa shape index (κ1) is 32.6. The summed E-state index contributed by atoms with van der Waals surface area (Å²) in [6.07, 6.45) is 7.49. The maximum atomic E-state index is 13.0. The minimum absolute atomic E-state index is 0.232. The summed E-state index contributed by atoms with van der Waals surface area (Å²) in [7, 11) is 3.26. The van der Waals surface area contributed by atoms with Crippen molar-refractivity contribution < 1.29 is 23.7 Å². The van der Waals surface area contributed by atoms with E-state index < -0.39 is 0 Å². The van der Waals surface area contributed by atoms with Crippen molar-refractivity contribution in [1.29, 1.82) is 0 Å². The van der Waals surface area contributed by atoms with Crippen molar-refractivity contribution in [1.82, 2.24) is 10.6 Å². The Morgan fingerprint density at radius 2 is 1.42 bits per heavy atom. The molecule has 0 bridgehead atoms. The number of allylic oxidation sites excluding steroid dienone is 3. The molecule has 0 radical (unpaired) electrons. The van der Waals surface area contributed by atoms with Crippen LogP contribution in [-0.2, 0) is 13.2 Å². The van der Waals surface area contributed by atoms with Crippen LogP contribution in [0.4, 0.5) is 0 Å². The zero-order valence-corrected chi connectivity index (χ0v) is 25.4. The summed E-state index contributed by atoms with van der Waals surface area (Å²) < 4.78 is 22.7. The molecule has 9 nitrogen and oxygen atoms in total. The fourth-order valence-electron chi connectivity index (χ4n) is 3.83. The van der Waals surface area contributed by atoms with Crippen LogP contribution in [0.2, 0.25) is 0 Å². The van der Waals surface area contributed by atoms with Crippen molar-refractivity contribution in [2.45, 2.75) is 39.9 Å². The van der Waals surface area contributed by atoms with Gasteiger partial charge in [-0.1, -0.05) is 43.7 Å². The Balaban J connectivity index is 1.65. The average Bonchev–Trinajstić information content (AvgIpc) is 3.04. The second-order valence-electron chi connectivity index (χ2n) is 9.67. The molecule has 0 aliphatic rings. The smallest absolute Gasteiger partial charge is 0.251 e. The normalized spacial score (nSPS) is 11.7. The number of nitrogens with two attached hydrogens (primary N) is 1. The molecule has 0 atom stereocenters. The predicted octanol–water partition coefficient (Wildman–Crippen LogP) is 5.76. The molecule has 3 rings (SSSR count). The Hall–Kier alpha value is -4.92. The second-order valence-corrected chi connectivity index (χ2v) is 9.67. The van der Waals surface area contributed by atoms with E-state index in [2.05, 4.69) is 22.5 Å². The highest BCUT2D eigenvalue weighted by molar-refractivity contribution is 5.94. The number of hydrogen-bond donors (Lipinski definition) is 3. The minimum atomic E-state index is -0.232. The average molecular weight is 587 g/mol. The number of aliphatic imine (C=N–C) groups is 1. The lowest BCUT2D eigenvalue weighted by Gasteiger charge is -2.15. The van der Waals surface area contributed by atoms with E-state index in [0.717, 1.165) is 35.5 Å². The zero-order chi connectivity index (χ0) is 30.9. The third-order valence-electron chi connectivity index (χ3n) is 6.31. The van der Waals surface area contributed by atoms with Gasteiger partial charge in [-0.05, 0) is 66.9 Å². The van der Waals surface area contributed by atoms with E-state index in [4.69, 9.17) is 24.7 Å². The Labute approximate surface area is 254 Å². The van der Waals surface area contributed by atoms with E-state index >= 15 is 0 Å². The molecule has 0 saturated heterocycles. The fourth-order valence-corrected chi connectivity index (χ4v) is 3.83. The first-order chi connectivity index (χ1) is 20.9. The highest BCUT2D eigenvalue weighted by atomic mass is 16.5. The molecular weight excluding hydrogens is 544 g/mol. The van der Waals surface area contributed by atoms with Crippen molar-refractivity contribution in [3.05, 3.63) is 107 Å². The standard InChI is InChI=1S/C34H42N4O5/c1-5-6-7-18-36-22-31(25(2)35)37-19-20-38-34(39)28-12-17-32(42-23-26-8-13-29(40-3)14-9-26)33(21-28)43-24-27-10-15-30(41-4)16-11-27/h7-18,21-22,37H,5-6,19-20,23-24,35H2,1-4H3,(H,38,39)/b18-7+,31-25-,36-22-. The van der Waals surface area contributed by atoms with Crippen LogP contribution in [0.1, 0.15) is 48.2 Å². The van der Waals surface area contributed by atoms with Crippen LogP contribution in [0.5, 0.6) is 23.0 Å². The van der Waals surface area contributed by atoms with Gasteiger partial charge in [-0.3, -0.25) is 9.79 Å². The van der Waals surface area contributed by atoms with Gasteiger partial charge < -0.3 is 35.3 Å². The quantitative estimate of drug-likeness (QED) is 0.136. The first-order valence-electron chi connectivity index (χ1n) is 14.3. The van der Waals surface area contributed by atoms with E-state index in [1.165, 1.54) is 0 Å². The summed E-state index contributed by atoms with van der Waals surface area (Å²) in [6, 6.07) is 20.4. The van der Waals surface area contributed by atoms with Crippen LogP contribution >= 0.6 is 0 Å². The summed E-state index contributed by atoms with van der Waals surface area (Å²) in [5, 5.41) is 6.15. The van der Waals surface area contributed by atoms with Gasteiger partial charge in [0.05, 0.1) is 26.1 Å². The van der Waals surface area contributed by atoms with Gasteiger partial charge in [0.15, 0.2) is 11.5 Å². The Bertz CT molecular complexity index is 1380. The number of hydrogen-bond acceptors (Lipinski definition) is 8. The third-order valence-corrected chi connectivity index (χ3v) is 6.31. The molecule has 0 fully saturated rings. The summed E-state index contributed by atoms with van der Waals surface area (Å²) >= 11 is 0. The van der Waals surface area contributed by atoms with Crippen LogP contribution in [0.15, 0.2) is 95.4 Å². The van der Waals surface area contributed by atoms with Crippen molar-refractivity contribution in [3.63, 3.8) is 0 Å². The molecule has 0 saturated carbocycles. The highest BCUT2D eigenvalue weighted by Crippen LogP contribution is 2.30. The Morgan fingerprint density at radius 1 is 0.837 bits per heavy atom. The van der Waals surface area contributed by atoms with Gasteiger partial charge in [-0.15, -0.1) is 0 Å². The van der Waals surface area contributed by atoms with E-state index in [1.807, 2.05) is 54.6 Å². The van der Waals surface area contributed by atoms with Crippen LogP contribution in [0.25, 0.3) is 0 Å². The number of rotatable bonds is 17. The van der Waals surface area contributed by atoms with E-state index in [9.17, 15) is 4.79 Å². The number of nitrogens with one attached hydrogen (secondary N) is 2. The number of carbonyl (C=O) groups excluding carboxylic acids is 1. The van der Waals surface area contributed by atoms with Crippen molar-refractivity contribution >= 4 is 12.1 Å². The summed E-state index contributed by atoms with van der Waals surface area (Å²) in [4.78, 5) is 17.3. The molecule has 3 aromatic rings. The van der Waals surface area contributed by atoms with Crippen LogP contribution in [0.3, 0.4) is 0 Å². The zero-order valence-electron chi connectivity index (χ0n) is 25.4. The maximum Gasteiger partial charge on any atom is 0.251 e. The molecule has 3 aromatic carbocycles. The molecule has 4 N–H and O–H groups in total. The minimum Gasteiger partial charge on any atom is -0.497 e. The van der Waals surface area contributed by atoms with Gasteiger partial charge >= 0.3 is 0 Å². The largest absolute Gasteiger partial charge is 0.497 e. The lowest BCUT2D eigenvalue weighted by molar-refractivity contribution is 0.0953. The maximum absolute atomic E-state index is 13.0. The first-order valence-corrected chi connectivity index (χ1v) is 14.3. The van der Waals surface area contributed by atoms with Gasteiger partial charge in [0, 0.05) is 30.5 Å². The van der Waals surface area contributed by atoms with Crippen LogP contribution in [0, 0.1) is 0 Å². The molecule has 1 amide bonds. The SMILES string of the molecule is CCC/C=C/N=C\C(NCCNC(=O)c1ccc(OCc2ccc(OC)cc2)c(OCc2ccc(OC)cc2)c1)=C(/C)N. The van der Waals surface area contributed by atoms with Crippen LogP contribution < -0.4 is 35.3 Å². The lowest BCUT2D eigenvalue weighted by atomic mass is 10.1. The van der Waals surface area contributed by atoms with Gasteiger partial charge in [-0.2, -0.15) is 0 Å². The van der Waals surface area contributed by atoms with Gasteiger partial charge in [0.2, 0.25) is 0 Å². The Kier molecular flexibility index (Phi) is 13.5. The molecule has 9 heteroatoms. The molecule has 0 aromatic heterocycles.